The third-order valence-corrected chi connectivity index (χ3v) is 3.98. The minimum Gasteiger partial charge on any atom is -0.497 e. The molecule has 2 aromatic rings. The van der Waals surface area contributed by atoms with Crippen LogP contribution in [0.15, 0.2) is 41.5 Å². The lowest BCUT2D eigenvalue weighted by atomic mass is 10.2. The highest BCUT2D eigenvalue weighted by atomic mass is 16.5. The molecule has 0 aliphatic heterocycles. The summed E-state index contributed by atoms with van der Waals surface area (Å²) in [6, 6.07) is 9.74. The summed E-state index contributed by atoms with van der Waals surface area (Å²) in [7, 11) is 7.26. The largest absolute Gasteiger partial charge is 0.497 e. The van der Waals surface area contributed by atoms with Gasteiger partial charge >= 0.3 is 0 Å². The second kappa shape index (κ2) is 10.3. The molecule has 0 aliphatic rings. The van der Waals surface area contributed by atoms with Gasteiger partial charge < -0.3 is 25.0 Å². The van der Waals surface area contributed by atoms with Crippen LogP contribution in [0.2, 0.25) is 0 Å². The Labute approximate surface area is 161 Å². The lowest BCUT2D eigenvalue weighted by Gasteiger charge is -2.17. The Bertz CT molecular complexity index is 762. The normalized spacial score (nSPS) is 11.1. The molecule has 0 unspecified atom stereocenters. The van der Waals surface area contributed by atoms with Crippen molar-refractivity contribution in [1.82, 2.24) is 15.6 Å². The number of benzene rings is 1. The number of aromatic nitrogens is 1. The molecule has 2 N–H and O–H groups in total. The van der Waals surface area contributed by atoms with Crippen LogP contribution in [0.3, 0.4) is 0 Å². The van der Waals surface area contributed by atoms with Gasteiger partial charge in [-0.25, -0.2) is 9.98 Å². The van der Waals surface area contributed by atoms with Gasteiger partial charge in [-0.15, -0.1) is 0 Å². The van der Waals surface area contributed by atoms with Gasteiger partial charge in [0.1, 0.15) is 17.3 Å². The fraction of sp³-hybridized carbons (Fsp3) is 0.400. The van der Waals surface area contributed by atoms with E-state index in [0.29, 0.717) is 13.1 Å². The zero-order chi connectivity index (χ0) is 19.6. The molecule has 0 aliphatic carbocycles. The summed E-state index contributed by atoms with van der Waals surface area (Å²) in [4.78, 5) is 11.1. The molecule has 0 saturated carbocycles. The highest BCUT2D eigenvalue weighted by Gasteiger charge is 2.08. The van der Waals surface area contributed by atoms with Crippen LogP contribution in [0.1, 0.15) is 18.1 Å². The molecule has 1 aromatic carbocycles. The number of pyridine rings is 1. The van der Waals surface area contributed by atoms with E-state index in [2.05, 4.69) is 26.7 Å². The van der Waals surface area contributed by atoms with Crippen molar-refractivity contribution in [2.45, 2.75) is 20.0 Å². The molecule has 1 aromatic heterocycles. The van der Waals surface area contributed by atoms with E-state index in [-0.39, 0.29) is 0 Å². The SMILES string of the molecule is CCNC(=NCc1ccc(OC)cc1OC)NCc1cccnc1N(C)C. The van der Waals surface area contributed by atoms with Gasteiger partial charge in [-0.1, -0.05) is 6.07 Å². The third kappa shape index (κ3) is 5.77. The summed E-state index contributed by atoms with van der Waals surface area (Å²) in [6.07, 6.45) is 1.80. The third-order valence-electron chi connectivity index (χ3n) is 3.98. The van der Waals surface area contributed by atoms with Crippen LogP contribution >= 0.6 is 0 Å². The maximum atomic E-state index is 5.45. The first kappa shape index (κ1) is 20.4. The molecular weight excluding hydrogens is 342 g/mol. The van der Waals surface area contributed by atoms with E-state index >= 15 is 0 Å². The highest BCUT2D eigenvalue weighted by molar-refractivity contribution is 5.80. The van der Waals surface area contributed by atoms with Crippen molar-refractivity contribution in [3.63, 3.8) is 0 Å². The lowest BCUT2D eigenvalue weighted by Crippen LogP contribution is -2.37. The van der Waals surface area contributed by atoms with Crippen molar-refractivity contribution in [3.05, 3.63) is 47.7 Å². The number of methoxy groups -OCH3 is 2. The predicted octanol–water partition coefficient (Wildman–Crippen LogP) is 2.42. The van der Waals surface area contributed by atoms with Gasteiger partial charge in [0.2, 0.25) is 0 Å². The van der Waals surface area contributed by atoms with Crippen molar-refractivity contribution < 1.29 is 9.47 Å². The predicted molar refractivity (Wildman–Crippen MR) is 110 cm³/mol. The summed E-state index contributed by atoms with van der Waals surface area (Å²) < 4.78 is 10.7. The molecule has 27 heavy (non-hydrogen) atoms. The first-order valence-electron chi connectivity index (χ1n) is 8.93. The molecule has 0 bridgehead atoms. The van der Waals surface area contributed by atoms with Gasteiger partial charge in [-0.05, 0) is 25.1 Å². The Balaban J connectivity index is 2.11. The zero-order valence-electron chi connectivity index (χ0n) is 16.7. The summed E-state index contributed by atoms with van der Waals surface area (Å²) in [5, 5.41) is 6.64. The molecular formula is C20H29N5O2. The number of anilines is 1. The number of ether oxygens (including phenoxy) is 2. The Morgan fingerprint density at radius 2 is 1.93 bits per heavy atom. The van der Waals surface area contributed by atoms with E-state index in [1.807, 2.05) is 50.2 Å². The average molecular weight is 371 g/mol. The fourth-order valence-corrected chi connectivity index (χ4v) is 2.64. The number of aliphatic imine (C=N–C) groups is 1. The maximum absolute atomic E-state index is 5.45. The van der Waals surface area contributed by atoms with E-state index in [0.717, 1.165) is 40.9 Å². The lowest BCUT2D eigenvalue weighted by molar-refractivity contribution is 0.391. The zero-order valence-corrected chi connectivity index (χ0v) is 16.7. The quantitative estimate of drug-likeness (QED) is 0.549. The van der Waals surface area contributed by atoms with E-state index < -0.39 is 0 Å². The number of hydrogen-bond donors (Lipinski definition) is 2. The summed E-state index contributed by atoms with van der Waals surface area (Å²) in [6.45, 7) is 3.95. The number of nitrogens with zero attached hydrogens (tertiary/aromatic N) is 3. The van der Waals surface area contributed by atoms with Gasteiger partial charge in [0.05, 0.1) is 20.8 Å². The van der Waals surface area contributed by atoms with Crippen LogP contribution in [-0.2, 0) is 13.1 Å². The first-order valence-corrected chi connectivity index (χ1v) is 8.93. The second-order valence-electron chi connectivity index (χ2n) is 6.11. The molecule has 7 nitrogen and oxygen atoms in total. The minimum absolute atomic E-state index is 0.496. The standard InChI is InChI=1S/C20H29N5O2/c1-6-21-20(24-14-16-8-7-11-22-19(16)25(2)3)23-13-15-9-10-17(26-4)12-18(15)27-5/h7-12H,6,13-14H2,1-5H3,(H2,21,23,24). The summed E-state index contributed by atoms with van der Waals surface area (Å²) >= 11 is 0. The Morgan fingerprint density at radius 1 is 1.11 bits per heavy atom. The van der Waals surface area contributed by atoms with Crippen molar-refractivity contribution >= 4 is 11.8 Å². The van der Waals surface area contributed by atoms with Crippen LogP contribution in [0, 0.1) is 0 Å². The monoisotopic (exact) mass is 371 g/mol. The van der Waals surface area contributed by atoms with E-state index in [1.165, 1.54) is 0 Å². The van der Waals surface area contributed by atoms with E-state index in [4.69, 9.17) is 9.47 Å². The smallest absolute Gasteiger partial charge is 0.191 e. The van der Waals surface area contributed by atoms with Gasteiger partial charge in [-0.2, -0.15) is 0 Å². The molecule has 0 radical (unpaired) electrons. The molecule has 7 heteroatoms. The molecule has 0 fully saturated rings. The van der Waals surface area contributed by atoms with E-state index in [9.17, 15) is 0 Å². The van der Waals surface area contributed by atoms with Crippen molar-refractivity contribution in [1.29, 1.82) is 0 Å². The minimum atomic E-state index is 0.496. The average Bonchev–Trinajstić information content (AvgIpc) is 2.70. The van der Waals surface area contributed by atoms with Crippen LogP contribution in [0.25, 0.3) is 0 Å². The topological polar surface area (TPSA) is 71.0 Å². The summed E-state index contributed by atoms with van der Waals surface area (Å²) in [5.41, 5.74) is 2.10. The first-order chi connectivity index (χ1) is 13.1. The van der Waals surface area contributed by atoms with Gasteiger partial charge in [0.15, 0.2) is 5.96 Å². The molecule has 0 saturated heterocycles. The molecule has 2 rings (SSSR count). The Hall–Kier alpha value is -2.96. The number of rotatable bonds is 8. The highest BCUT2D eigenvalue weighted by Crippen LogP contribution is 2.25. The molecule has 146 valence electrons. The van der Waals surface area contributed by atoms with Gasteiger partial charge in [0.25, 0.3) is 0 Å². The fourth-order valence-electron chi connectivity index (χ4n) is 2.64. The molecule has 0 atom stereocenters. The molecule has 0 amide bonds. The van der Waals surface area contributed by atoms with E-state index in [1.54, 1.807) is 20.4 Å². The van der Waals surface area contributed by atoms with Crippen LogP contribution in [0.5, 0.6) is 11.5 Å². The van der Waals surface area contributed by atoms with Crippen molar-refractivity contribution in [3.8, 4) is 11.5 Å². The Morgan fingerprint density at radius 3 is 2.59 bits per heavy atom. The number of guanidine groups is 1. The van der Waals surface area contributed by atoms with Crippen molar-refractivity contribution in [2.75, 3.05) is 39.8 Å². The molecule has 1 heterocycles. The second-order valence-corrected chi connectivity index (χ2v) is 6.11. The van der Waals surface area contributed by atoms with Gasteiger partial charge in [-0.3, -0.25) is 0 Å². The van der Waals surface area contributed by atoms with Crippen molar-refractivity contribution in [2.24, 2.45) is 4.99 Å². The number of hydrogen-bond acceptors (Lipinski definition) is 5. The molecule has 0 spiro atoms. The van der Waals surface area contributed by atoms with Gasteiger partial charge in [0, 0.05) is 50.6 Å². The maximum Gasteiger partial charge on any atom is 0.191 e. The van der Waals surface area contributed by atoms with Crippen LogP contribution in [-0.4, -0.2) is 45.8 Å². The number of nitrogens with one attached hydrogen (secondary N) is 2. The van der Waals surface area contributed by atoms with Crippen LogP contribution < -0.4 is 25.0 Å². The Kier molecular flexibility index (Phi) is 7.73. The summed E-state index contributed by atoms with van der Waals surface area (Å²) in [5.74, 6) is 3.20. The van der Waals surface area contributed by atoms with Crippen LogP contribution in [0.4, 0.5) is 5.82 Å².